The number of nitrogens with zero attached hydrogens (tertiary/aromatic N) is 1. The maximum atomic E-state index is 14.5. The number of carbonyl (C=O) groups is 2. The first kappa shape index (κ1) is 26.2. The molecular weight excluding hydrogens is 615 g/mol. The number of rotatable bonds is 5. The molecule has 1 aliphatic heterocycles. The molecule has 0 aromatic heterocycles. The molecule has 0 aliphatic carbocycles. The second kappa shape index (κ2) is 9.55. The van der Waals surface area contributed by atoms with Crippen LogP contribution in [0.25, 0.3) is 0 Å². The van der Waals surface area contributed by atoms with Crippen molar-refractivity contribution in [2.45, 2.75) is 32.4 Å². The van der Waals surface area contributed by atoms with Crippen LogP contribution in [0.3, 0.4) is 0 Å². The summed E-state index contributed by atoms with van der Waals surface area (Å²) in [4.78, 5) is 27.5. The van der Waals surface area contributed by atoms with E-state index in [-0.39, 0.29) is 34.4 Å². The van der Waals surface area contributed by atoms with E-state index in [9.17, 15) is 32.3 Å². The molecule has 2 N–H and O–H groups in total. The maximum Gasteiger partial charge on any atom is 0.251 e. The van der Waals surface area contributed by atoms with Crippen LogP contribution in [0.1, 0.15) is 40.9 Å². The minimum absolute atomic E-state index is 0.0825. The highest BCUT2D eigenvalue weighted by Gasteiger charge is 2.46. The third-order valence-corrected chi connectivity index (χ3v) is 7.31. The highest BCUT2D eigenvalue weighted by Crippen LogP contribution is 2.46. The summed E-state index contributed by atoms with van der Waals surface area (Å²) in [6.07, 6.45) is 0. The monoisotopic (exact) mass is 632 g/mol. The largest absolute Gasteiger partial charge is 0.506 e. The fraction of sp³-hybridized carbons (Fsp3) is 0.200. The van der Waals surface area contributed by atoms with Crippen molar-refractivity contribution in [1.29, 1.82) is 0 Å². The van der Waals surface area contributed by atoms with Crippen molar-refractivity contribution < 1.29 is 32.3 Å². The predicted molar refractivity (Wildman–Crippen MR) is 134 cm³/mol. The average Bonchev–Trinajstić information content (AvgIpc) is 2.98. The molecule has 3 aromatic rings. The summed E-state index contributed by atoms with van der Waals surface area (Å²) in [5.74, 6) is -5.49. The van der Waals surface area contributed by atoms with E-state index in [0.29, 0.717) is 27.0 Å². The van der Waals surface area contributed by atoms with Crippen molar-refractivity contribution in [3.8, 4) is 5.75 Å². The molecule has 1 aliphatic rings. The molecule has 0 spiro atoms. The number of hydrogen-bond donors (Lipinski definition) is 2. The van der Waals surface area contributed by atoms with E-state index in [0.717, 1.165) is 12.1 Å². The third-order valence-electron chi connectivity index (χ3n) is 6.04. The molecule has 5 nitrogen and oxygen atoms in total. The zero-order valence-corrected chi connectivity index (χ0v) is 21.8. The van der Waals surface area contributed by atoms with Crippen LogP contribution in [0.4, 0.5) is 23.2 Å². The molecule has 0 unspecified atom stereocenters. The van der Waals surface area contributed by atoms with E-state index in [4.69, 9.17) is 11.6 Å². The van der Waals surface area contributed by atoms with Crippen LogP contribution in [-0.2, 0) is 23.3 Å². The van der Waals surface area contributed by atoms with Crippen LogP contribution in [0, 0.1) is 26.8 Å². The number of fused-ring (bicyclic) bond motifs is 1. The number of phenols is 1. The fourth-order valence-corrected chi connectivity index (χ4v) is 5.66. The zero-order valence-electron chi connectivity index (χ0n) is 18.9. The van der Waals surface area contributed by atoms with Gasteiger partial charge in [-0.05, 0) is 60.7 Å². The smallest absolute Gasteiger partial charge is 0.251 e. The Morgan fingerprint density at radius 3 is 2.33 bits per heavy atom. The van der Waals surface area contributed by atoms with Crippen molar-refractivity contribution in [1.82, 2.24) is 5.32 Å². The summed E-state index contributed by atoms with van der Waals surface area (Å²) in [5.41, 5.74) is -0.592. The molecule has 0 radical (unpaired) electrons. The second-order valence-electron chi connectivity index (χ2n) is 8.76. The van der Waals surface area contributed by atoms with Crippen molar-refractivity contribution >= 4 is 51.7 Å². The molecule has 2 amide bonds. The number of anilines is 1. The number of benzene rings is 3. The normalized spacial score (nSPS) is 14.2. The Balaban J connectivity index is 1.69. The standard InChI is InChI=1S/C25H18ClF4IN2O3/c1-25(2)21-18(31)5-11(23(35)32-9-13-16(29)7-12(27)8-17(13)30)6-19(21)33(24(25)36)10-14-15(28)3-4-20(34)22(14)26/h3-8,34H,9-10H2,1-2H3,(H,32,35). The molecule has 3 aromatic carbocycles. The van der Waals surface area contributed by atoms with Crippen LogP contribution < -0.4 is 10.2 Å². The second-order valence-corrected chi connectivity index (χ2v) is 10.3. The molecule has 0 atom stereocenters. The van der Waals surface area contributed by atoms with Gasteiger partial charge in [0, 0.05) is 44.5 Å². The van der Waals surface area contributed by atoms with Crippen molar-refractivity contribution in [2.24, 2.45) is 0 Å². The quantitative estimate of drug-likeness (QED) is 0.270. The Morgan fingerprint density at radius 2 is 1.69 bits per heavy atom. The van der Waals surface area contributed by atoms with E-state index < -0.39 is 46.7 Å². The zero-order chi connectivity index (χ0) is 26.5. The van der Waals surface area contributed by atoms with Gasteiger partial charge in [-0.1, -0.05) is 11.6 Å². The summed E-state index contributed by atoms with van der Waals surface area (Å²) >= 11 is 8.07. The minimum atomic E-state index is -1.14. The lowest BCUT2D eigenvalue weighted by Gasteiger charge is -2.21. The van der Waals surface area contributed by atoms with Gasteiger partial charge in [0.25, 0.3) is 5.91 Å². The van der Waals surface area contributed by atoms with E-state index in [1.165, 1.54) is 17.0 Å². The molecule has 4 rings (SSSR count). The number of amides is 2. The molecule has 0 saturated heterocycles. The Hall–Kier alpha value is -2.86. The van der Waals surface area contributed by atoms with Crippen LogP contribution in [-0.4, -0.2) is 16.9 Å². The first-order valence-electron chi connectivity index (χ1n) is 10.6. The Kier molecular flexibility index (Phi) is 6.95. The first-order chi connectivity index (χ1) is 16.8. The lowest BCUT2D eigenvalue weighted by atomic mass is 9.86. The lowest BCUT2D eigenvalue weighted by Crippen LogP contribution is -2.36. The Morgan fingerprint density at radius 1 is 1.06 bits per heavy atom. The van der Waals surface area contributed by atoms with Crippen molar-refractivity contribution in [2.75, 3.05) is 4.90 Å². The van der Waals surface area contributed by atoms with Gasteiger partial charge in [0.15, 0.2) is 0 Å². The van der Waals surface area contributed by atoms with Gasteiger partial charge in [0.05, 0.1) is 22.7 Å². The SMILES string of the molecule is CC1(C)C(=O)N(Cc2c(F)ccc(O)c2Cl)c2cc(C(=O)NCc3c(F)cc(F)cc3F)cc(I)c21. The van der Waals surface area contributed by atoms with Crippen LogP contribution >= 0.6 is 34.2 Å². The maximum absolute atomic E-state index is 14.5. The summed E-state index contributed by atoms with van der Waals surface area (Å²) in [6.45, 7) is 2.54. The number of carbonyl (C=O) groups excluding carboxylic acids is 2. The van der Waals surface area contributed by atoms with Crippen LogP contribution in [0.5, 0.6) is 5.75 Å². The summed E-state index contributed by atoms with van der Waals surface area (Å²) in [7, 11) is 0. The van der Waals surface area contributed by atoms with Gasteiger partial charge in [-0.15, -0.1) is 0 Å². The fourth-order valence-electron chi connectivity index (χ4n) is 4.17. The van der Waals surface area contributed by atoms with Crippen LogP contribution in [0.15, 0.2) is 36.4 Å². The first-order valence-corrected chi connectivity index (χ1v) is 12.0. The average molecular weight is 633 g/mol. The van der Waals surface area contributed by atoms with Gasteiger partial charge in [0.2, 0.25) is 5.91 Å². The van der Waals surface area contributed by atoms with Gasteiger partial charge in [-0.3, -0.25) is 9.59 Å². The van der Waals surface area contributed by atoms with Crippen molar-refractivity contribution in [3.63, 3.8) is 0 Å². The number of phenolic OH excluding ortho intramolecular Hbond substituents is 1. The van der Waals surface area contributed by atoms with Gasteiger partial charge < -0.3 is 15.3 Å². The predicted octanol–water partition coefficient (Wildman–Crippen LogP) is 5.96. The number of halogens is 6. The van der Waals surface area contributed by atoms with E-state index in [1.54, 1.807) is 13.8 Å². The molecule has 0 bridgehead atoms. The molecule has 188 valence electrons. The molecule has 36 heavy (non-hydrogen) atoms. The molecule has 0 fully saturated rings. The lowest BCUT2D eigenvalue weighted by molar-refractivity contribution is -0.122. The van der Waals surface area contributed by atoms with Gasteiger partial charge in [-0.25, -0.2) is 17.6 Å². The van der Waals surface area contributed by atoms with Gasteiger partial charge in [-0.2, -0.15) is 0 Å². The number of aromatic hydroxyl groups is 1. The summed E-state index contributed by atoms with van der Waals surface area (Å²) in [5, 5.41) is 12.1. The van der Waals surface area contributed by atoms with Gasteiger partial charge >= 0.3 is 0 Å². The number of nitrogens with one attached hydrogen (secondary N) is 1. The van der Waals surface area contributed by atoms with E-state index in [2.05, 4.69) is 5.32 Å². The summed E-state index contributed by atoms with van der Waals surface area (Å²) in [6, 6.07) is 6.10. The highest BCUT2D eigenvalue weighted by atomic mass is 127. The topological polar surface area (TPSA) is 69.6 Å². The highest BCUT2D eigenvalue weighted by molar-refractivity contribution is 14.1. The van der Waals surface area contributed by atoms with Crippen molar-refractivity contribution in [3.05, 3.63) is 90.5 Å². The van der Waals surface area contributed by atoms with Crippen LogP contribution in [0.2, 0.25) is 5.02 Å². The third kappa shape index (κ3) is 4.52. The number of hydrogen-bond acceptors (Lipinski definition) is 3. The summed E-state index contributed by atoms with van der Waals surface area (Å²) < 4.78 is 56.2. The van der Waals surface area contributed by atoms with E-state index in [1.807, 2.05) is 22.6 Å². The Labute approximate surface area is 222 Å². The van der Waals surface area contributed by atoms with Gasteiger partial charge in [0.1, 0.15) is 29.0 Å². The molecule has 1 heterocycles. The Bertz CT molecular complexity index is 1410. The molecular formula is C25H18ClF4IN2O3. The minimum Gasteiger partial charge on any atom is -0.506 e. The van der Waals surface area contributed by atoms with E-state index >= 15 is 0 Å². The molecule has 0 saturated carbocycles. The molecule has 11 heteroatoms.